The molecule has 0 radical (unpaired) electrons. The van der Waals surface area contributed by atoms with Crippen LogP contribution in [0.15, 0.2) is 24.3 Å². The van der Waals surface area contributed by atoms with Crippen molar-refractivity contribution in [1.82, 2.24) is 5.32 Å². The number of benzene rings is 1. The average Bonchev–Trinajstić information content (AvgIpc) is 3.00. The summed E-state index contributed by atoms with van der Waals surface area (Å²) >= 11 is 0. The first-order valence-electron chi connectivity index (χ1n) is 7.14. The number of nitrogens with two attached hydrogens (primary N) is 1. The van der Waals surface area contributed by atoms with Gasteiger partial charge in [-0.15, -0.1) is 0 Å². The van der Waals surface area contributed by atoms with E-state index in [1.807, 2.05) is 12.1 Å². The van der Waals surface area contributed by atoms with Crippen LogP contribution in [-0.4, -0.2) is 48.2 Å². The first-order chi connectivity index (χ1) is 10.1. The number of amides is 1. The fraction of sp³-hybridized carbons (Fsp3) is 0.533. The number of carbonyl (C=O) groups is 1. The summed E-state index contributed by atoms with van der Waals surface area (Å²) in [6.07, 6.45) is -0.648. The molecule has 0 unspecified atom stereocenters. The zero-order chi connectivity index (χ0) is 15.2. The highest BCUT2D eigenvalue weighted by Crippen LogP contribution is 2.26. The lowest BCUT2D eigenvalue weighted by Gasteiger charge is -2.22. The summed E-state index contributed by atoms with van der Waals surface area (Å²) in [6.45, 7) is 1.52. The molecular formula is C15H22N2O4. The largest absolute Gasteiger partial charge is 0.465 e. The number of carboxylic acid groups (broad SMARTS) is 1. The summed E-state index contributed by atoms with van der Waals surface area (Å²) in [5, 5.41) is 21.0. The van der Waals surface area contributed by atoms with Crippen molar-refractivity contribution in [2.75, 3.05) is 19.8 Å². The molecule has 6 nitrogen and oxygen atoms in total. The van der Waals surface area contributed by atoms with Crippen LogP contribution in [0, 0.1) is 0 Å². The third-order valence-corrected chi connectivity index (χ3v) is 3.82. The Hall–Kier alpha value is -1.63. The average molecular weight is 294 g/mol. The van der Waals surface area contributed by atoms with Crippen molar-refractivity contribution in [3.63, 3.8) is 0 Å². The van der Waals surface area contributed by atoms with Crippen LogP contribution >= 0.6 is 0 Å². The van der Waals surface area contributed by atoms with Gasteiger partial charge in [0.15, 0.2) is 0 Å². The van der Waals surface area contributed by atoms with Gasteiger partial charge in [-0.25, -0.2) is 4.79 Å². The van der Waals surface area contributed by atoms with E-state index in [2.05, 4.69) is 17.4 Å². The summed E-state index contributed by atoms with van der Waals surface area (Å²) in [7, 11) is 0. The van der Waals surface area contributed by atoms with Crippen LogP contribution in [0.3, 0.4) is 0 Å². The molecular weight excluding hydrogens is 272 g/mol. The van der Waals surface area contributed by atoms with Gasteiger partial charge in [0.1, 0.15) is 0 Å². The Balaban J connectivity index is 2.08. The van der Waals surface area contributed by atoms with E-state index in [9.17, 15) is 9.90 Å². The molecule has 5 N–H and O–H groups in total. The van der Waals surface area contributed by atoms with E-state index in [-0.39, 0.29) is 6.54 Å². The van der Waals surface area contributed by atoms with Crippen molar-refractivity contribution < 1.29 is 19.7 Å². The molecule has 1 amide bonds. The van der Waals surface area contributed by atoms with Gasteiger partial charge in [0.2, 0.25) is 0 Å². The van der Waals surface area contributed by atoms with Crippen molar-refractivity contribution in [3.05, 3.63) is 35.4 Å². The van der Waals surface area contributed by atoms with Crippen LogP contribution in [-0.2, 0) is 11.2 Å². The summed E-state index contributed by atoms with van der Waals surface area (Å²) < 4.78 is 5.39. The van der Waals surface area contributed by atoms with Crippen LogP contribution < -0.4 is 11.1 Å². The Morgan fingerprint density at radius 1 is 1.52 bits per heavy atom. The van der Waals surface area contributed by atoms with Crippen molar-refractivity contribution in [2.45, 2.75) is 30.9 Å². The summed E-state index contributed by atoms with van der Waals surface area (Å²) in [4.78, 5) is 10.8. The number of hydrogen-bond donors (Lipinski definition) is 4. The molecule has 3 atom stereocenters. The lowest BCUT2D eigenvalue weighted by atomic mass is 9.94. The van der Waals surface area contributed by atoms with Gasteiger partial charge >= 0.3 is 6.09 Å². The molecule has 1 fully saturated rings. The Labute approximate surface area is 123 Å². The van der Waals surface area contributed by atoms with E-state index >= 15 is 0 Å². The van der Waals surface area contributed by atoms with Crippen LogP contribution in [0.5, 0.6) is 0 Å². The van der Waals surface area contributed by atoms with Gasteiger partial charge in [-0.2, -0.15) is 0 Å². The second-order valence-electron chi connectivity index (χ2n) is 5.37. The van der Waals surface area contributed by atoms with E-state index in [0.717, 1.165) is 25.2 Å². The molecule has 1 aliphatic rings. The van der Waals surface area contributed by atoms with Crippen molar-refractivity contribution in [2.24, 2.45) is 5.73 Å². The van der Waals surface area contributed by atoms with Gasteiger partial charge in [0.25, 0.3) is 0 Å². The number of ether oxygens (including phenoxy) is 1. The molecule has 21 heavy (non-hydrogen) atoms. The molecule has 0 aromatic heterocycles. The maximum absolute atomic E-state index is 10.8. The molecule has 1 aromatic carbocycles. The maximum Gasteiger partial charge on any atom is 0.404 e. The molecule has 0 bridgehead atoms. The molecule has 6 heteroatoms. The monoisotopic (exact) mass is 294 g/mol. The van der Waals surface area contributed by atoms with E-state index in [1.165, 1.54) is 5.56 Å². The predicted molar refractivity (Wildman–Crippen MR) is 78.3 cm³/mol. The smallest absolute Gasteiger partial charge is 0.404 e. The van der Waals surface area contributed by atoms with E-state index < -0.39 is 18.2 Å². The highest BCUT2D eigenvalue weighted by Gasteiger charge is 2.22. The topological polar surface area (TPSA) is 105 Å². The minimum absolute atomic E-state index is 0.0150. The second-order valence-corrected chi connectivity index (χ2v) is 5.37. The normalized spacial score (nSPS) is 21.0. The highest BCUT2D eigenvalue weighted by molar-refractivity contribution is 5.65. The molecule has 2 rings (SSSR count). The first-order valence-corrected chi connectivity index (χ1v) is 7.14. The number of aliphatic hydroxyl groups excluding tert-OH is 1. The number of hydrogen-bond acceptors (Lipinski definition) is 4. The van der Waals surface area contributed by atoms with Gasteiger partial charge in [0, 0.05) is 19.1 Å². The number of aliphatic hydroxyl groups is 1. The summed E-state index contributed by atoms with van der Waals surface area (Å²) in [5.41, 5.74) is 7.61. The molecule has 116 valence electrons. The third-order valence-electron chi connectivity index (χ3n) is 3.82. The van der Waals surface area contributed by atoms with Gasteiger partial charge in [-0.1, -0.05) is 24.3 Å². The summed E-state index contributed by atoms with van der Waals surface area (Å²) in [5.74, 6) is 0.398. The molecule has 0 spiro atoms. The van der Waals surface area contributed by atoms with Crippen molar-refractivity contribution >= 4 is 6.09 Å². The second kappa shape index (κ2) is 7.40. The molecule has 1 heterocycles. The molecule has 0 saturated carbocycles. The lowest BCUT2D eigenvalue weighted by Crippen LogP contribution is -2.47. The van der Waals surface area contributed by atoms with Gasteiger partial charge in [-0.3, -0.25) is 0 Å². The first kappa shape index (κ1) is 15.8. The Morgan fingerprint density at radius 3 is 2.95 bits per heavy atom. The SMILES string of the molecule is NC[C@@H](O)[C@H](Cc1cccc([C@@H]2CCOC2)c1)NC(=O)O. The van der Waals surface area contributed by atoms with Gasteiger partial charge < -0.3 is 26.0 Å². The Bertz CT molecular complexity index is 474. The number of nitrogens with one attached hydrogen (secondary N) is 1. The predicted octanol–water partition coefficient (Wildman–Crippen LogP) is 0.689. The molecule has 1 aliphatic heterocycles. The third kappa shape index (κ3) is 4.42. The molecule has 1 aromatic rings. The van der Waals surface area contributed by atoms with Crippen LogP contribution in [0.2, 0.25) is 0 Å². The Kier molecular flexibility index (Phi) is 5.55. The fourth-order valence-corrected chi connectivity index (χ4v) is 2.63. The van der Waals surface area contributed by atoms with Gasteiger partial charge in [-0.05, 0) is 24.0 Å². The van der Waals surface area contributed by atoms with E-state index in [4.69, 9.17) is 15.6 Å². The van der Waals surface area contributed by atoms with Crippen molar-refractivity contribution in [1.29, 1.82) is 0 Å². The summed E-state index contributed by atoms with van der Waals surface area (Å²) in [6, 6.07) is 7.39. The quantitative estimate of drug-likeness (QED) is 0.618. The zero-order valence-corrected chi connectivity index (χ0v) is 11.9. The maximum atomic E-state index is 10.8. The number of rotatable bonds is 6. The molecule has 1 saturated heterocycles. The van der Waals surface area contributed by atoms with E-state index in [0.29, 0.717) is 12.3 Å². The highest BCUT2D eigenvalue weighted by atomic mass is 16.5. The van der Waals surface area contributed by atoms with E-state index in [1.54, 1.807) is 0 Å². The fourth-order valence-electron chi connectivity index (χ4n) is 2.63. The minimum atomic E-state index is -1.16. The van der Waals surface area contributed by atoms with Crippen LogP contribution in [0.4, 0.5) is 4.79 Å². The lowest BCUT2D eigenvalue weighted by molar-refractivity contribution is 0.125. The molecule has 0 aliphatic carbocycles. The van der Waals surface area contributed by atoms with Gasteiger partial charge in [0.05, 0.1) is 18.8 Å². The standard InChI is InChI=1S/C15H22N2O4/c16-8-14(18)13(17-15(19)20)7-10-2-1-3-11(6-10)12-4-5-21-9-12/h1-3,6,12-14,17-18H,4-5,7-9,16H2,(H,19,20)/t12-,13+,14-/m1/s1. The van der Waals surface area contributed by atoms with Crippen LogP contribution in [0.1, 0.15) is 23.5 Å². The Morgan fingerprint density at radius 2 is 2.33 bits per heavy atom. The van der Waals surface area contributed by atoms with Crippen molar-refractivity contribution in [3.8, 4) is 0 Å². The van der Waals surface area contributed by atoms with Crippen LogP contribution in [0.25, 0.3) is 0 Å². The minimum Gasteiger partial charge on any atom is -0.465 e. The zero-order valence-electron chi connectivity index (χ0n) is 11.9.